The first kappa shape index (κ1) is 21.6. The Morgan fingerprint density at radius 1 is 1.17 bits per heavy atom. The summed E-state index contributed by atoms with van der Waals surface area (Å²) in [6.45, 7) is 3.50. The van der Waals surface area contributed by atoms with Gasteiger partial charge in [0.25, 0.3) is 5.91 Å². The molecular weight excluding hydrogens is 452 g/mol. The van der Waals surface area contributed by atoms with Crippen LogP contribution in [0.3, 0.4) is 0 Å². The molecule has 1 amide bonds. The average molecular weight is 475 g/mol. The molecule has 1 fully saturated rings. The molecule has 2 aromatic rings. The van der Waals surface area contributed by atoms with Crippen LogP contribution in [0.25, 0.3) is 0 Å². The summed E-state index contributed by atoms with van der Waals surface area (Å²) in [4.78, 5) is 14.9. The van der Waals surface area contributed by atoms with Crippen molar-refractivity contribution in [1.29, 1.82) is 0 Å². The Kier molecular flexibility index (Phi) is 6.78. The van der Waals surface area contributed by atoms with E-state index < -0.39 is 10.0 Å². The molecule has 0 N–H and O–H groups in total. The fraction of sp³-hybridized carbons (Fsp3) is 0.318. The van der Waals surface area contributed by atoms with Crippen molar-refractivity contribution in [2.45, 2.75) is 31.2 Å². The highest BCUT2D eigenvalue weighted by atomic mass is 79.9. The largest absolute Gasteiger partial charge is 0.323 e. The van der Waals surface area contributed by atoms with Crippen molar-refractivity contribution in [3.63, 3.8) is 0 Å². The summed E-state index contributed by atoms with van der Waals surface area (Å²) in [5.74, 6) is 2.21. The predicted octanol–water partition coefficient (Wildman–Crippen LogP) is 3.82. The molecule has 3 rings (SSSR count). The van der Waals surface area contributed by atoms with E-state index in [0.29, 0.717) is 24.1 Å². The highest BCUT2D eigenvalue weighted by molar-refractivity contribution is 9.10. The molecule has 0 atom stereocenters. The minimum absolute atomic E-state index is 0.127. The molecule has 1 aliphatic heterocycles. The molecule has 0 spiro atoms. The Morgan fingerprint density at radius 2 is 1.83 bits per heavy atom. The maximum atomic E-state index is 13.2. The van der Waals surface area contributed by atoms with Gasteiger partial charge in [-0.05, 0) is 59.5 Å². The van der Waals surface area contributed by atoms with Crippen LogP contribution >= 0.6 is 15.9 Å². The summed E-state index contributed by atoms with van der Waals surface area (Å²) < 4.78 is 27.8. The second-order valence-electron chi connectivity index (χ2n) is 7.10. The van der Waals surface area contributed by atoms with Crippen molar-refractivity contribution >= 4 is 31.9 Å². The third kappa shape index (κ3) is 4.89. The van der Waals surface area contributed by atoms with E-state index in [4.69, 9.17) is 6.42 Å². The van der Waals surface area contributed by atoms with E-state index in [1.807, 2.05) is 31.2 Å². The van der Waals surface area contributed by atoms with Gasteiger partial charge in [-0.25, -0.2) is 8.42 Å². The molecule has 0 saturated carbocycles. The predicted molar refractivity (Wildman–Crippen MR) is 117 cm³/mol. The summed E-state index contributed by atoms with van der Waals surface area (Å²) in [5.41, 5.74) is 2.37. The van der Waals surface area contributed by atoms with Crippen molar-refractivity contribution < 1.29 is 13.2 Å². The van der Waals surface area contributed by atoms with Crippen molar-refractivity contribution in [3.05, 3.63) is 63.6 Å². The van der Waals surface area contributed by atoms with Gasteiger partial charge >= 0.3 is 0 Å². The van der Waals surface area contributed by atoms with E-state index in [1.165, 1.54) is 21.3 Å². The fourth-order valence-electron chi connectivity index (χ4n) is 3.30. The summed E-state index contributed by atoms with van der Waals surface area (Å²) >= 11 is 3.39. The van der Waals surface area contributed by atoms with Gasteiger partial charge in [-0.1, -0.05) is 35.7 Å². The molecule has 29 heavy (non-hydrogen) atoms. The Bertz CT molecular complexity index is 1040. The third-order valence-electron chi connectivity index (χ3n) is 4.93. The topological polar surface area (TPSA) is 57.7 Å². The molecule has 2 aromatic carbocycles. The lowest BCUT2D eigenvalue weighted by Gasteiger charge is -2.22. The van der Waals surface area contributed by atoms with Crippen LogP contribution in [-0.2, 0) is 16.6 Å². The lowest BCUT2D eigenvalue weighted by Crippen LogP contribution is -2.32. The minimum atomic E-state index is -3.61. The van der Waals surface area contributed by atoms with Gasteiger partial charge in [0.2, 0.25) is 10.0 Å². The van der Waals surface area contributed by atoms with Gasteiger partial charge < -0.3 is 4.90 Å². The molecule has 152 valence electrons. The smallest absolute Gasteiger partial charge is 0.256 e. The number of hydrogen-bond donors (Lipinski definition) is 0. The molecule has 0 radical (unpaired) electrons. The van der Waals surface area contributed by atoms with E-state index in [1.54, 1.807) is 6.07 Å². The lowest BCUT2D eigenvalue weighted by atomic mass is 10.1. The van der Waals surface area contributed by atoms with Crippen molar-refractivity contribution in [2.75, 3.05) is 19.6 Å². The highest BCUT2D eigenvalue weighted by Crippen LogP contribution is 2.27. The van der Waals surface area contributed by atoms with Gasteiger partial charge in [0, 0.05) is 24.1 Å². The molecule has 7 heteroatoms. The fourth-order valence-corrected chi connectivity index (χ4v) is 5.26. The first-order valence-corrected chi connectivity index (χ1v) is 11.6. The van der Waals surface area contributed by atoms with Crippen LogP contribution in [0, 0.1) is 19.3 Å². The Morgan fingerprint density at radius 3 is 2.45 bits per heavy atom. The average Bonchev–Trinajstić information content (AvgIpc) is 3.25. The van der Waals surface area contributed by atoms with Gasteiger partial charge in [0.15, 0.2) is 0 Å². The summed E-state index contributed by atoms with van der Waals surface area (Å²) in [5, 5.41) is 0. The lowest BCUT2D eigenvalue weighted by molar-refractivity contribution is 0.0764. The molecule has 0 unspecified atom stereocenters. The van der Waals surface area contributed by atoms with Crippen LogP contribution < -0.4 is 0 Å². The number of nitrogens with zero attached hydrogens (tertiary/aromatic N) is 2. The molecule has 1 aliphatic rings. The molecule has 5 nitrogen and oxygen atoms in total. The van der Waals surface area contributed by atoms with Crippen molar-refractivity contribution in [1.82, 2.24) is 9.21 Å². The molecule has 1 saturated heterocycles. The number of aryl methyl sites for hydroxylation is 1. The minimum Gasteiger partial charge on any atom is -0.323 e. The number of terminal acetylenes is 1. The zero-order chi connectivity index (χ0) is 21.0. The number of amides is 1. The summed E-state index contributed by atoms with van der Waals surface area (Å²) in [6.07, 6.45) is 7.20. The van der Waals surface area contributed by atoms with Crippen molar-refractivity contribution in [3.8, 4) is 12.3 Å². The monoisotopic (exact) mass is 474 g/mol. The van der Waals surface area contributed by atoms with Gasteiger partial charge in [0.1, 0.15) is 0 Å². The molecular formula is C22H23BrN2O3S. The van der Waals surface area contributed by atoms with Crippen LogP contribution in [0.2, 0.25) is 0 Å². The quantitative estimate of drug-likeness (QED) is 0.597. The first-order chi connectivity index (χ1) is 13.8. The van der Waals surface area contributed by atoms with E-state index in [0.717, 1.165) is 24.0 Å². The number of carbonyl (C=O) groups is 1. The Balaban J connectivity index is 1.91. The normalized spacial score (nSPS) is 14.5. The molecule has 0 aliphatic carbocycles. The van der Waals surface area contributed by atoms with Gasteiger partial charge in [-0.3, -0.25) is 4.79 Å². The SMILES string of the molecule is C#CCN(Cc1ccc(C)cc1)C(=O)c1cc(S(=O)(=O)N2CCCC2)ccc1Br. The van der Waals surface area contributed by atoms with Crippen LogP contribution in [0.4, 0.5) is 0 Å². The second-order valence-corrected chi connectivity index (χ2v) is 9.90. The number of rotatable bonds is 6. The zero-order valence-corrected chi connectivity index (χ0v) is 18.7. The van der Waals surface area contributed by atoms with Crippen LogP contribution in [-0.4, -0.2) is 43.2 Å². The van der Waals surface area contributed by atoms with E-state index in [9.17, 15) is 13.2 Å². The summed E-state index contributed by atoms with van der Waals surface area (Å²) in [7, 11) is -3.61. The molecule has 0 bridgehead atoms. The van der Waals surface area contributed by atoms with Crippen LogP contribution in [0.5, 0.6) is 0 Å². The molecule has 0 aromatic heterocycles. The maximum absolute atomic E-state index is 13.2. The standard InChI is InChI=1S/C22H23BrN2O3S/c1-3-12-24(16-18-8-6-17(2)7-9-18)22(26)20-15-19(10-11-21(20)23)29(27,28)25-13-4-5-14-25/h1,6-11,15H,4-5,12-14,16H2,2H3. The number of benzene rings is 2. The Labute approximate surface area is 180 Å². The number of halogens is 1. The number of hydrogen-bond acceptors (Lipinski definition) is 3. The highest BCUT2D eigenvalue weighted by Gasteiger charge is 2.29. The number of sulfonamides is 1. The Hall–Kier alpha value is -2.14. The van der Waals surface area contributed by atoms with Crippen molar-refractivity contribution in [2.24, 2.45) is 0 Å². The van der Waals surface area contributed by atoms with Crippen LogP contribution in [0.1, 0.15) is 34.3 Å². The van der Waals surface area contributed by atoms with Crippen LogP contribution in [0.15, 0.2) is 51.8 Å². The number of carbonyl (C=O) groups excluding carboxylic acids is 1. The van der Waals surface area contributed by atoms with E-state index >= 15 is 0 Å². The third-order valence-corrected chi connectivity index (χ3v) is 7.52. The molecule has 1 heterocycles. The van der Waals surface area contributed by atoms with Gasteiger partial charge in [0.05, 0.1) is 17.0 Å². The van der Waals surface area contributed by atoms with E-state index in [2.05, 4.69) is 21.9 Å². The first-order valence-electron chi connectivity index (χ1n) is 9.41. The van der Waals surface area contributed by atoms with E-state index in [-0.39, 0.29) is 22.9 Å². The van der Waals surface area contributed by atoms with Gasteiger partial charge in [-0.15, -0.1) is 6.42 Å². The zero-order valence-electron chi connectivity index (χ0n) is 16.3. The maximum Gasteiger partial charge on any atom is 0.256 e. The second kappa shape index (κ2) is 9.12. The summed E-state index contributed by atoms with van der Waals surface area (Å²) in [6, 6.07) is 12.4. The van der Waals surface area contributed by atoms with Gasteiger partial charge in [-0.2, -0.15) is 4.31 Å².